The summed E-state index contributed by atoms with van der Waals surface area (Å²) in [7, 11) is 0. The van der Waals surface area contributed by atoms with Crippen molar-refractivity contribution in [3.8, 4) is 0 Å². The van der Waals surface area contributed by atoms with Crippen molar-refractivity contribution in [1.29, 1.82) is 0 Å². The Morgan fingerprint density at radius 1 is 0.259 bits per heavy atom. The van der Waals surface area contributed by atoms with Crippen molar-refractivity contribution in [1.82, 2.24) is 0 Å². The Bertz CT molecular complexity index is 1810. The molecule has 0 radical (unpaired) electrons. The van der Waals surface area contributed by atoms with Crippen LogP contribution in [0.25, 0.3) is 0 Å². The highest BCUT2D eigenvalue weighted by Crippen LogP contribution is 2.15. The van der Waals surface area contributed by atoms with E-state index >= 15 is 0 Å². The number of allylic oxidation sites excluding steroid dienone is 26. The molecule has 81 heavy (non-hydrogen) atoms. The van der Waals surface area contributed by atoms with E-state index in [1.807, 2.05) is 0 Å². The molecule has 0 saturated heterocycles. The molecule has 456 valence electrons. The molecule has 1 atom stereocenters. The molecule has 0 aromatic carbocycles. The van der Waals surface area contributed by atoms with Gasteiger partial charge in [-0.2, -0.15) is 0 Å². The van der Waals surface area contributed by atoms with E-state index in [-0.39, 0.29) is 37.5 Å². The molecule has 1 unspecified atom stereocenters. The Morgan fingerprint density at radius 3 is 0.790 bits per heavy atom. The molecule has 0 amide bonds. The predicted molar refractivity (Wildman–Crippen MR) is 352 cm³/mol. The van der Waals surface area contributed by atoms with Crippen LogP contribution in [0.15, 0.2) is 158 Å². The third kappa shape index (κ3) is 65.7. The lowest BCUT2D eigenvalue weighted by molar-refractivity contribution is -0.167. The van der Waals surface area contributed by atoms with Gasteiger partial charge in [0.15, 0.2) is 6.10 Å². The second-order valence-corrected chi connectivity index (χ2v) is 21.3. The van der Waals surface area contributed by atoms with Crippen molar-refractivity contribution < 1.29 is 28.6 Å². The molecule has 0 aromatic rings. The second-order valence-electron chi connectivity index (χ2n) is 21.3. The average Bonchev–Trinajstić information content (AvgIpc) is 3.46. The average molecular weight is 1120 g/mol. The van der Waals surface area contributed by atoms with Crippen LogP contribution in [0.3, 0.4) is 0 Å². The number of esters is 3. The standard InChI is InChI=1S/C75H120O6/c1-4-7-10-13-16-19-22-25-27-29-31-33-34-35-36-37-38-39-40-42-43-45-47-50-53-56-59-62-65-68-74(77)80-71-72(70-79-73(76)67-64-61-58-55-52-49-24-21-18-15-12-9-6-3)81-75(78)69-66-63-60-57-54-51-48-46-44-41-32-30-28-26-23-20-17-14-11-8-5-2/h7-8,10-11,16-17,19-21,24-28,31-33,35-36,38-39,41,46,48,54,57,72H,4-6,9,12-15,18,22-23,29-30,34,37,40,42-45,47,49-53,55-56,58-71H2,1-3H3/b10-7-,11-8-,19-16-,20-17-,24-21-,27-25-,28-26-,33-31-,36-35-,39-38-,41-32-,48-46-,57-54-. The van der Waals surface area contributed by atoms with Crippen LogP contribution < -0.4 is 0 Å². The molecule has 0 aromatic heterocycles. The fourth-order valence-electron chi connectivity index (χ4n) is 8.62. The van der Waals surface area contributed by atoms with Gasteiger partial charge in [0.1, 0.15) is 13.2 Å². The van der Waals surface area contributed by atoms with Crippen molar-refractivity contribution in [2.45, 2.75) is 284 Å². The first-order chi connectivity index (χ1) is 40.0. The molecule has 0 heterocycles. The van der Waals surface area contributed by atoms with Crippen molar-refractivity contribution in [3.05, 3.63) is 158 Å². The van der Waals surface area contributed by atoms with E-state index < -0.39 is 6.10 Å². The van der Waals surface area contributed by atoms with E-state index in [0.29, 0.717) is 19.3 Å². The summed E-state index contributed by atoms with van der Waals surface area (Å²) in [6.45, 7) is 6.35. The lowest BCUT2D eigenvalue weighted by atomic mass is 10.1. The minimum absolute atomic E-state index is 0.106. The van der Waals surface area contributed by atoms with Gasteiger partial charge in [-0.1, -0.05) is 269 Å². The van der Waals surface area contributed by atoms with E-state index in [2.05, 4.69) is 179 Å². The maximum Gasteiger partial charge on any atom is 0.306 e. The third-order valence-corrected chi connectivity index (χ3v) is 13.5. The second kappa shape index (κ2) is 67.5. The van der Waals surface area contributed by atoms with E-state index in [4.69, 9.17) is 14.2 Å². The Hall–Kier alpha value is -4.97. The Balaban J connectivity index is 4.40. The molecule has 0 saturated carbocycles. The lowest BCUT2D eigenvalue weighted by Crippen LogP contribution is -2.30. The van der Waals surface area contributed by atoms with Crippen molar-refractivity contribution >= 4 is 17.9 Å². The van der Waals surface area contributed by atoms with Gasteiger partial charge in [0, 0.05) is 19.3 Å². The fourth-order valence-corrected chi connectivity index (χ4v) is 8.62. The highest BCUT2D eigenvalue weighted by Gasteiger charge is 2.19. The first kappa shape index (κ1) is 76.0. The number of unbranched alkanes of at least 4 members (excludes halogenated alkanes) is 21. The summed E-state index contributed by atoms with van der Waals surface area (Å²) < 4.78 is 16.9. The molecule has 0 aliphatic heterocycles. The van der Waals surface area contributed by atoms with E-state index in [9.17, 15) is 14.4 Å². The molecule has 0 N–H and O–H groups in total. The third-order valence-electron chi connectivity index (χ3n) is 13.5. The summed E-state index contributed by atoms with van der Waals surface area (Å²) in [5.74, 6) is -0.964. The Labute approximate surface area is 499 Å². The fraction of sp³-hybridized carbons (Fsp3) is 0.613. The van der Waals surface area contributed by atoms with E-state index in [0.717, 1.165) is 148 Å². The topological polar surface area (TPSA) is 78.9 Å². The number of hydrogen-bond donors (Lipinski definition) is 0. The Morgan fingerprint density at radius 2 is 0.481 bits per heavy atom. The molecule has 0 bridgehead atoms. The van der Waals surface area contributed by atoms with E-state index in [1.165, 1.54) is 83.5 Å². The summed E-state index contributed by atoms with van der Waals surface area (Å²) in [5, 5.41) is 0. The van der Waals surface area contributed by atoms with Gasteiger partial charge in [-0.05, 0) is 148 Å². The predicted octanol–water partition coefficient (Wildman–Crippen LogP) is 22.9. The van der Waals surface area contributed by atoms with Crippen molar-refractivity contribution in [3.63, 3.8) is 0 Å². The van der Waals surface area contributed by atoms with Crippen LogP contribution in [0.2, 0.25) is 0 Å². The summed E-state index contributed by atoms with van der Waals surface area (Å²) in [4.78, 5) is 38.3. The van der Waals surface area contributed by atoms with Gasteiger partial charge in [0.25, 0.3) is 0 Å². The summed E-state index contributed by atoms with van der Waals surface area (Å²) in [5.41, 5.74) is 0. The number of rotatable bonds is 58. The maximum absolute atomic E-state index is 12.9. The zero-order valence-corrected chi connectivity index (χ0v) is 52.2. The SMILES string of the molecule is CC/C=C\C/C=C\C/C=C\C/C=C\C/C=C\C/C=C\CCCCCCCCCCCCC(=O)OCC(COC(=O)CCCCCCC/C=C\CCCCCC)OC(=O)CCCC/C=C\C/C=C\C/C=C\C/C=C\C/C=C\C/C=C\CC. The normalized spacial score (nSPS) is 13.2. The summed E-state index contributed by atoms with van der Waals surface area (Å²) in [6.07, 6.45) is 98.2. The van der Waals surface area contributed by atoms with Gasteiger partial charge < -0.3 is 14.2 Å². The summed E-state index contributed by atoms with van der Waals surface area (Å²) in [6, 6.07) is 0. The molecule has 0 aliphatic carbocycles. The van der Waals surface area contributed by atoms with Crippen LogP contribution in [-0.4, -0.2) is 37.2 Å². The number of carbonyl (C=O) groups excluding carboxylic acids is 3. The molecule has 6 nitrogen and oxygen atoms in total. The van der Waals surface area contributed by atoms with Crippen molar-refractivity contribution in [2.24, 2.45) is 0 Å². The Kier molecular flexibility index (Phi) is 63.4. The van der Waals surface area contributed by atoms with Crippen LogP contribution in [0.4, 0.5) is 0 Å². The quantitative estimate of drug-likeness (QED) is 0.0261. The molecule has 6 heteroatoms. The van der Waals surface area contributed by atoms with Gasteiger partial charge >= 0.3 is 17.9 Å². The van der Waals surface area contributed by atoms with Gasteiger partial charge in [-0.25, -0.2) is 0 Å². The smallest absolute Gasteiger partial charge is 0.306 e. The number of ether oxygens (including phenoxy) is 3. The molecule has 0 rings (SSSR count). The molecule has 0 aliphatic rings. The van der Waals surface area contributed by atoms with E-state index in [1.54, 1.807) is 0 Å². The minimum Gasteiger partial charge on any atom is -0.462 e. The number of carbonyl (C=O) groups is 3. The largest absolute Gasteiger partial charge is 0.462 e. The van der Waals surface area contributed by atoms with Gasteiger partial charge in [0.05, 0.1) is 0 Å². The first-order valence-electron chi connectivity index (χ1n) is 33.0. The van der Waals surface area contributed by atoms with Crippen LogP contribution >= 0.6 is 0 Å². The van der Waals surface area contributed by atoms with Crippen LogP contribution in [0.1, 0.15) is 278 Å². The van der Waals surface area contributed by atoms with Crippen LogP contribution in [0.5, 0.6) is 0 Å². The molecule has 0 spiro atoms. The zero-order chi connectivity index (χ0) is 58.5. The molecule has 0 fully saturated rings. The van der Waals surface area contributed by atoms with Gasteiger partial charge in [-0.15, -0.1) is 0 Å². The molecular formula is C75H120O6. The lowest BCUT2D eigenvalue weighted by Gasteiger charge is -2.18. The monoisotopic (exact) mass is 1120 g/mol. The minimum atomic E-state index is -0.815. The van der Waals surface area contributed by atoms with Crippen LogP contribution in [-0.2, 0) is 28.6 Å². The van der Waals surface area contributed by atoms with Crippen molar-refractivity contribution in [2.75, 3.05) is 13.2 Å². The maximum atomic E-state index is 12.9. The first-order valence-corrected chi connectivity index (χ1v) is 33.0. The summed E-state index contributed by atoms with van der Waals surface area (Å²) >= 11 is 0. The number of hydrogen-bond acceptors (Lipinski definition) is 6. The van der Waals surface area contributed by atoms with Crippen LogP contribution in [0, 0.1) is 0 Å². The van der Waals surface area contributed by atoms with Gasteiger partial charge in [-0.3, -0.25) is 14.4 Å². The van der Waals surface area contributed by atoms with Gasteiger partial charge in [0.2, 0.25) is 0 Å². The highest BCUT2D eigenvalue weighted by atomic mass is 16.6. The highest BCUT2D eigenvalue weighted by molar-refractivity contribution is 5.71. The zero-order valence-electron chi connectivity index (χ0n) is 52.2. The molecular weight excluding hydrogens is 997 g/mol.